The monoisotopic (exact) mass is 235 g/mol. The molecule has 0 unspecified atom stereocenters. The van der Waals surface area contributed by atoms with Gasteiger partial charge < -0.3 is 4.74 Å². The van der Waals surface area contributed by atoms with E-state index in [0.29, 0.717) is 5.71 Å². The number of rotatable bonds is 3. The Hall–Kier alpha value is -2.53. The van der Waals surface area contributed by atoms with Crippen LogP contribution in [0.25, 0.3) is 0 Å². The Bertz CT molecular complexity index is 577. The number of benzene rings is 2. The SMILES string of the molecule is C#CC(=Nc1ccc(OC)cc1)c1ccccc1. The van der Waals surface area contributed by atoms with Gasteiger partial charge in [-0.05, 0) is 30.2 Å². The second-order valence-electron chi connectivity index (χ2n) is 3.67. The van der Waals surface area contributed by atoms with Crippen LogP contribution < -0.4 is 4.74 Å². The molecule has 0 aliphatic carbocycles. The maximum Gasteiger partial charge on any atom is 0.120 e. The maximum atomic E-state index is 5.50. The van der Waals surface area contributed by atoms with Crippen LogP contribution in [0.4, 0.5) is 5.69 Å². The summed E-state index contributed by atoms with van der Waals surface area (Å²) in [5.41, 5.74) is 2.38. The van der Waals surface area contributed by atoms with Gasteiger partial charge in [0.25, 0.3) is 0 Å². The third-order valence-corrected chi connectivity index (χ3v) is 2.50. The van der Waals surface area contributed by atoms with Crippen LogP contribution in [0.2, 0.25) is 0 Å². The number of ether oxygens (including phenoxy) is 1. The molecule has 2 aromatic carbocycles. The van der Waals surface area contributed by atoms with Crippen molar-refractivity contribution in [1.82, 2.24) is 0 Å². The van der Waals surface area contributed by atoms with Crippen molar-refractivity contribution in [2.24, 2.45) is 4.99 Å². The van der Waals surface area contributed by atoms with Crippen molar-refractivity contribution in [3.8, 4) is 18.1 Å². The molecule has 0 heterocycles. The van der Waals surface area contributed by atoms with E-state index in [-0.39, 0.29) is 0 Å². The van der Waals surface area contributed by atoms with Gasteiger partial charge in [-0.3, -0.25) is 0 Å². The van der Waals surface area contributed by atoms with Gasteiger partial charge in [-0.2, -0.15) is 0 Å². The fraction of sp³-hybridized carbons (Fsp3) is 0.0625. The first-order valence-corrected chi connectivity index (χ1v) is 5.58. The highest BCUT2D eigenvalue weighted by molar-refractivity contribution is 6.13. The number of hydrogen-bond acceptors (Lipinski definition) is 2. The third kappa shape index (κ3) is 2.78. The van der Waals surface area contributed by atoms with Crippen molar-refractivity contribution < 1.29 is 4.74 Å². The van der Waals surface area contributed by atoms with Gasteiger partial charge in [-0.25, -0.2) is 4.99 Å². The predicted octanol–water partition coefficient (Wildman–Crippen LogP) is 3.45. The second kappa shape index (κ2) is 5.70. The molecule has 0 spiro atoms. The topological polar surface area (TPSA) is 21.6 Å². The molecule has 2 aromatic rings. The summed E-state index contributed by atoms with van der Waals surface area (Å²) in [6.07, 6.45) is 5.50. The molecular weight excluding hydrogens is 222 g/mol. The summed E-state index contributed by atoms with van der Waals surface area (Å²) < 4.78 is 5.10. The minimum absolute atomic E-state index is 0.626. The molecule has 2 nitrogen and oxygen atoms in total. The highest BCUT2D eigenvalue weighted by Crippen LogP contribution is 2.18. The third-order valence-electron chi connectivity index (χ3n) is 2.50. The lowest BCUT2D eigenvalue weighted by Crippen LogP contribution is -1.95. The van der Waals surface area contributed by atoms with Crippen molar-refractivity contribution in [2.75, 3.05) is 7.11 Å². The van der Waals surface area contributed by atoms with Crippen molar-refractivity contribution in [1.29, 1.82) is 0 Å². The van der Waals surface area contributed by atoms with Gasteiger partial charge in [0, 0.05) is 5.56 Å². The highest BCUT2D eigenvalue weighted by Gasteiger charge is 1.99. The molecule has 0 aliphatic heterocycles. The molecule has 0 fully saturated rings. The highest BCUT2D eigenvalue weighted by atomic mass is 16.5. The Morgan fingerprint density at radius 3 is 2.28 bits per heavy atom. The first-order valence-electron chi connectivity index (χ1n) is 5.58. The molecule has 18 heavy (non-hydrogen) atoms. The van der Waals surface area contributed by atoms with Gasteiger partial charge in [0.05, 0.1) is 12.8 Å². The van der Waals surface area contributed by atoms with Gasteiger partial charge in [0.1, 0.15) is 11.5 Å². The molecule has 2 heteroatoms. The molecule has 0 radical (unpaired) electrons. The van der Waals surface area contributed by atoms with Crippen LogP contribution in [0.3, 0.4) is 0 Å². The average Bonchev–Trinajstić information content (AvgIpc) is 2.46. The smallest absolute Gasteiger partial charge is 0.120 e. The number of methoxy groups -OCH3 is 1. The Morgan fingerprint density at radius 1 is 1.06 bits per heavy atom. The standard InChI is InChI=1S/C16H13NO/c1-3-16(13-7-5-4-6-8-13)17-14-9-11-15(18-2)12-10-14/h1,4-12H,2H3. The second-order valence-corrected chi connectivity index (χ2v) is 3.67. The summed E-state index contributed by atoms with van der Waals surface area (Å²) in [6.45, 7) is 0. The van der Waals surface area contributed by atoms with E-state index in [1.54, 1.807) is 7.11 Å². The number of aliphatic imine (C=N–C) groups is 1. The van der Waals surface area contributed by atoms with E-state index in [1.807, 2.05) is 54.6 Å². The Kier molecular flexibility index (Phi) is 3.78. The zero-order valence-electron chi connectivity index (χ0n) is 10.1. The van der Waals surface area contributed by atoms with Gasteiger partial charge in [0.15, 0.2) is 0 Å². The van der Waals surface area contributed by atoms with E-state index in [2.05, 4.69) is 10.9 Å². The summed E-state index contributed by atoms with van der Waals surface area (Å²) in [7, 11) is 1.63. The largest absolute Gasteiger partial charge is 0.497 e. The quantitative estimate of drug-likeness (QED) is 0.590. The maximum absolute atomic E-state index is 5.50. The van der Waals surface area contributed by atoms with Crippen LogP contribution in [0.15, 0.2) is 59.6 Å². The zero-order valence-corrected chi connectivity index (χ0v) is 10.1. The van der Waals surface area contributed by atoms with Gasteiger partial charge in [0.2, 0.25) is 0 Å². The zero-order chi connectivity index (χ0) is 12.8. The lowest BCUT2D eigenvalue weighted by Gasteiger charge is -2.01. The van der Waals surface area contributed by atoms with E-state index in [4.69, 9.17) is 11.2 Å². The summed E-state index contributed by atoms with van der Waals surface area (Å²) in [4.78, 5) is 4.45. The summed E-state index contributed by atoms with van der Waals surface area (Å²) in [5.74, 6) is 3.42. The fourth-order valence-corrected chi connectivity index (χ4v) is 1.56. The molecule has 0 saturated heterocycles. The normalized spacial score (nSPS) is 10.8. The van der Waals surface area contributed by atoms with Crippen LogP contribution in [-0.2, 0) is 0 Å². The van der Waals surface area contributed by atoms with E-state index in [9.17, 15) is 0 Å². The van der Waals surface area contributed by atoms with E-state index >= 15 is 0 Å². The Labute approximate surface area is 107 Å². The first kappa shape index (κ1) is 11.9. The predicted molar refractivity (Wildman–Crippen MR) is 74.5 cm³/mol. The lowest BCUT2D eigenvalue weighted by atomic mass is 10.1. The molecule has 0 aliphatic rings. The molecule has 0 saturated carbocycles. The fourth-order valence-electron chi connectivity index (χ4n) is 1.56. The number of hydrogen-bond donors (Lipinski definition) is 0. The minimum Gasteiger partial charge on any atom is -0.497 e. The van der Waals surface area contributed by atoms with Crippen molar-refractivity contribution in [3.05, 3.63) is 60.2 Å². The van der Waals surface area contributed by atoms with Gasteiger partial charge in [-0.1, -0.05) is 30.3 Å². The molecule has 88 valence electrons. The summed E-state index contributed by atoms with van der Waals surface area (Å²) in [6, 6.07) is 17.2. The van der Waals surface area contributed by atoms with Crippen molar-refractivity contribution >= 4 is 11.4 Å². The van der Waals surface area contributed by atoms with E-state index in [1.165, 1.54) is 0 Å². The van der Waals surface area contributed by atoms with Crippen LogP contribution in [0, 0.1) is 12.3 Å². The van der Waals surface area contributed by atoms with Gasteiger partial charge >= 0.3 is 0 Å². The van der Waals surface area contributed by atoms with Crippen LogP contribution in [0.1, 0.15) is 5.56 Å². The molecule has 0 atom stereocenters. The average molecular weight is 235 g/mol. The van der Waals surface area contributed by atoms with Crippen molar-refractivity contribution in [3.63, 3.8) is 0 Å². The van der Waals surface area contributed by atoms with Crippen LogP contribution in [-0.4, -0.2) is 12.8 Å². The van der Waals surface area contributed by atoms with E-state index in [0.717, 1.165) is 17.0 Å². The van der Waals surface area contributed by atoms with Gasteiger partial charge in [-0.15, -0.1) is 6.42 Å². The van der Waals surface area contributed by atoms with Crippen LogP contribution >= 0.6 is 0 Å². The number of terminal acetylenes is 1. The molecular formula is C16H13NO. The molecule has 0 aromatic heterocycles. The lowest BCUT2D eigenvalue weighted by molar-refractivity contribution is 0.415. The van der Waals surface area contributed by atoms with E-state index < -0.39 is 0 Å². The summed E-state index contributed by atoms with van der Waals surface area (Å²) in [5, 5.41) is 0. The van der Waals surface area contributed by atoms with Crippen molar-refractivity contribution in [2.45, 2.75) is 0 Å². The first-order chi connectivity index (χ1) is 8.83. The minimum atomic E-state index is 0.626. The molecule has 0 bridgehead atoms. The summed E-state index contributed by atoms with van der Waals surface area (Å²) >= 11 is 0. The Morgan fingerprint density at radius 2 is 1.72 bits per heavy atom. The molecule has 2 rings (SSSR count). The van der Waals surface area contributed by atoms with Crippen LogP contribution in [0.5, 0.6) is 5.75 Å². The molecule has 0 amide bonds. The Balaban J connectivity index is 2.33. The molecule has 0 N–H and O–H groups in total. The number of nitrogens with zero attached hydrogens (tertiary/aromatic N) is 1.